The highest BCUT2D eigenvalue weighted by Crippen LogP contribution is 2.19. The van der Waals surface area contributed by atoms with Gasteiger partial charge in [0.05, 0.1) is 0 Å². The highest BCUT2D eigenvalue weighted by molar-refractivity contribution is 5.56. The Morgan fingerprint density at radius 1 is 1.17 bits per heavy atom. The van der Waals surface area contributed by atoms with Crippen molar-refractivity contribution in [2.45, 2.75) is 58.9 Å². The van der Waals surface area contributed by atoms with Crippen LogP contribution in [0.1, 0.15) is 51.5 Å². The standard InChI is InChI=1S/C14H26N4/c1-5-6-7-8-9-11(2)18-14-12(3)13(15-4)16-10-17-14/h10-11H,5-9H2,1-4H3,(H2,15,16,17,18). The molecule has 0 saturated carbocycles. The normalized spacial score (nSPS) is 12.2. The fourth-order valence-electron chi connectivity index (χ4n) is 2.03. The van der Waals surface area contributed by atoms with Crippen LogP contribution in [0.5, 0.6) is 0 Å². The summed E-state index contributed by atoms with van der Waals surface area (Å²) in [5, 5.41) is 6.55. The minimum Gasteiger partial charge on any atom is -0.373 e. The highest BCUT2D eigenvalue weighted by Gasteiger charge is 2.08. The third-order valence-corrected chi connectivity index (χ3v) is 3.19. The Hall–Kier alpha value is -1.32. The Morgan fingerprint density at radius 3 is 2.56 bits per heavy atom. The second kappa shape index (κ2) is 7.90. The molecule has 1 rings (SSSR count). The predicted octanol–water partition coefficient (Wildman–Crippen LogP) is 3.60. The summed E-state index contributed by atoms with van der Waals surface area (Å²) in [6, 6.07) is 0.458. The summed E-state index contributed by atoms with van der Waals surface area (Å²) in [5.74, 6) is 1.84. The molecule has 4 heteroatoms. The number of rotatable bonds is 8. The molecule has 0 radical (unpaired) electrons. The van der Waals surface area contributed by atoms with E-state index in [0.717, 1.165) is 17.2 Å². The summed E-state index contributed by atoms with van der Waals surface area (Å²) in [6.07, 6.45) is 8.03. The Morgan fingerprint density at radius 2 is 1.89 bits per heavy atom. The summed E-state index contributed by atoms with van der Waals surface area (Å²) in [5.41, 5.74) is 1.08. The maximum atomic E-state index is 4.31. The summed E-state index contributed by atoms with van der Waals surface area (Å²) in [6.45, 7) is 6.50. The van der Waals surface area contributed by atoms with Crippen molar-refractivity contribution < 1.29 is 0 Å². The number of aromatic nitrogens is 2. The zero-order valence-corrected chi connectivity index (χ0v) is 12.1. The van der Waals surface area contributed by atoms with E-state index in [4.69, 9.17) is 0 Å². The molecule has 1 unspecified atom stereocenters. The summed E-state index contributed by atoms with van der Waals surface area (Å²) < 4.78 is 0. The molecule has 0 aliphatic rings. The van der Waals surface area contributed by atoms with Crippen LogP contribution in [0, 0.1) is 6.92 Å². The first-order valence-electron chi connectivity index (χ1n) is 6.94. The van der Waals surface area contributed by atoms with Crippen LogP contribution in [0.3, 0.4) is 0 Å². The molecule has 1 aromatic rings. The molecule has 18 heavy (non-hydrogen) atoms. The Kier molecular flexibility index (Phi) is 6.47. The second-order valence-corrected chi connectivity index (χ2v) is 4.84. The van der Waals surface area contributed by atoms with Gasteiger partial charge >= 0.3 is 0 Å². The van der Waals surface area contributed by atoms with Gasteiger partial charge in [-0.3, -0.25) is 0 Å². The molecule has 1 heterocycles. The van der Waals surface area contributed by atoms with Crippen LogP contribution in [-0.2, 0) is 0 Å². The van der Waals surface area contributed by atoms with Gasteiger partial charge < -0.3 is 10.6 Å². The second-order valence-electron chi connectivity index (χ2n) is 4.84. The summed E-state index contributed by atoms with van der Waals surface area (Å²) >= 11 is 0. The van der Waals surface area contributed by atoms with E-state index in [9.17, 15) is 0 Å². The van der Waals surface area contributed by atoms with E-state index >= 15 is 0 Å². The molecule has 0 amide bonds. The fraction of sp³-hybridized carbons (Fsp3) is 0.714. The van der Waals surface area contributed by atoms with Gasteiger partial charge in [-0.05, 0) is 20.3 Å². The van der Waals surface area contributed by atoms with Crippen LogP contribution in [0.25, 0.3) is 0 Å². The van der Waals surface area contributed by atoms with E-state index in [-0.39, 0.29) is 0 Å². The Labute approximate surface area is 111 Å². The van der Waals surface area contributed by atoms with Gasteiger partial charge in [0.25, 0.3) is 0 Å². The van der Waals surface area contributed by atoms with Crippen LogP contribution < -0.4 is 10.6 Å². The zero-order chi connectivity index (χ0) is 13.4. The minimum atomic E-state index is 0.458. The molecule has 4 nitrogen and oxygen atoms in total. The van der Waals surface area contributed by atoms with E-state index in [2.05, 4.69) is 34.4 Å². The molecule has 0 spiro atoms. The van der Waals surface area contributed by atoms with E-state index in [1.807, 2.05) is 14.0 Å². The lowest BCUT2D eigenvalue weighted by Gasteiger charge is -2.17. The maximum Gasteiger partial charge on any atom is 0.134 e. The zero-order valence-electron chi connectivity index (χ0n) is 12.1. The first kappa shape index (κ1) is 14.7. The van der Waals surface area contributed by atoms with Crippen LogP contribution in [0.4, 0.5) is 11.6 Å². The number of nitrogens with zero attached hydrogens (tertiary/aromatic N) is 2. The number of nitrogens with one attached hydrogen (secondary N) is 2. The molecule has 0 saturated heterocycles. The van der Waals surface area contributed by atoms with E-state index in [0.29, 0.717) is 6.04 Å². The van der Waals surface area contributed by atoms with Crippen molar-refractivity contribution in [1.29, 1.82) is 0 Å². The fourth-order valence-corrected chi connectivity index (χ4v) is 2.03. The van der Waals surface area contributed by atoms with Gasteiger partial charge in [0, 0.05) is 18.7 Å². The summed E-state index contributed by atoms with van der Waals surface area (Å²) in [4.78, 5) is 8.50. The molecule has 0 aliphatic heterocycles. The minimum absolute atomic E-state index is 0.458. The molecule has 102 valence electrons. The monoisotopic (exact) mass is 250 g/mol. The van der Waals surface area contributed by atoms with Crippen molar-refractivity contribution in [3.63, 3.8) is 0 Å². The first-order chi connectivity index (χ1) is 8.69. The molecule has 0 fully saturated rings. The van der Waals surface area contributed by atoms with Gasteiger partial charge in [-0.25, -0.2) is 9.97 Å². The number of hydrogen-bond acceptors (Lipinski definition) is 4. The van der Waals surface area contributed by atoms with Gasteiger partial charge in [-0.1, -0.05) is 32.6 Å². The van der Waals surface area contributed by atoms with Gasteiger partial charge in [0.2, 0.25) is 0 Å². The maximum absolute atomic E-state index is 4.31. The Balaban J connectivity index is 2.46. The topological polar surface area (TPSA) is 49.8 Å². The highest BCUT2D eigenvalue weighted by atomic mass is 15.1. The molecule has 0 aromatic carbocycles. The lowest BCUT2D eigenvalue weighted by atomic mass is 10.1. The summed E-state index contributed by atoms with van der Waals surface area (Å²) in [7, 11) is 1.88. The van der Waals surface area contributed by atoms with Crippen LogP contribution >= 0.6 is 0 Å². The van der Waals surface area contributed by atoms with E-state index in [1.54, 1.807) is 6.33 Å². The molecule has 1 atom stereocenters. The SMILES string of the molecule is CCCCCCC(C)Nc1ncnc(NC)c1C. The van der Waals surface area contributed by atoms with E-state index < -0.39 is 0 Å². The van der Waals surface area contributed by atoms with Crippen molar-refractivity contribution in [2.75, 3.05) is 17.7 Å². The van der Waals surface area contributed by atoms with Crippen molar-refractivity contribution in [2.24, 2.45) is 0 Å². The average molecular weight is 250 g/mol. The lowest BCUT2D eigenvalue weighted by Crippen LogP contribution is -2.17. The van der Waals surface area contributed by atoms with Crippen molar-refractivity contribution >= 4 is 11.6 Å². The van der Waals surface area contributed by atoms with Crippen LogP contribution in [0.2, 0.25) is 0 Å². The third kappa shape index (κ3) is 4.51. The average Bonchev–Trinajstić information content (AvgIpc) is 2.37. The lowest BCUT2D eigenvalue weighted by molar-refractivity contribution is 0.592. The van der Waals surface area contributed by atoms with Crippen molar-refractivity contribution in [1.82, 2.24) is 9.97 Å². The first-order valence-corrected chi connectivity index (χ1v) is 6.94. The molecular formula is C14H26N4. The van der Waals surface area contributed by atoms with Crippen molar-refractivity contribution in [3.05, 3.63) is 11.9 Å². The molecule has 2 N–H and O–H groups in total. The smallest absolute Gasteiger partial charge is 0.134 e. The van der Waals surface area contributed by atoms with E-state index in [1.165, 1.54) is 32.1 Å². The molecule has 0 aliphatic carbocycles. The van der Waals surface area contributed by atoms with Gasteiger partial charge in [0.1, 0.15) is 18.0 Å². The van der Waals surface area contributed by atoms with Gasteiger partial charge in [-0.2, -0.15) is 0 Å². The largest absolute Gasteiger partial charge is 0.373 e. The quantitative estimate of drug-likeness (QED) is 0.692. The van der Waals surface area contributed by atoms with Gasteiger partial charge in [-0.15, -0.1) is 0 Å². The van der Waals surface area contributed by atoms with Gasteiger partial charge in [0.15, 0.2) is 0 Å². The number of hydrogen-bond donors (Lipinski definition) is 2. The predicted molar refractivity (Wildman–Crippen MR) is 78.2 cm³/mol. The molecule has 1 aromatic heterocycles. The number of anilines is 2. The Bertz CT molecular complexity index is 352. The third-order valence-electron chi connectivity index (χ3n) is 3.19. The number of unbranched alkanes of at least 4 members (excludes halogenated alkanes) is 3. The van der Waals surface area contributed by atoms with Crippen LogP contribution in [0.15, 0.2) is 6.33 Å². The molecule has 0 bridgehead atoms. The van der Waals surface area contributed by atoms with Crippen LogP contribution in [-0.4, -0.2) is 23.1 Å². The van der Waals surface area contributed by atoms with Crippen molar-refractivity contribution in [3.8, 4) is 0 Å². The molecular weight excluding hydrogens is 224 g/mol.